The Kier molecular flexibility index (Phi) is 12.9. The summed E-state index contributed by atoms with van der Waals surface area (Å²) >= 11 is 3.46. The molecule has 0 aromatic heterocycles. The van der Waals surface area contributed by atoms with Crippen molar-refractivity contribution < 1.29 is 22.7 Å². The Morgan fingerprint density at radius 3 is 2.24 bits per heavy atom. The third-order valence-electron chi connectivity index (χ3n) is 6.67. The second-order valence-corrected chi connectivity index (χ2v) is 12.8. The number of anilines is 1. The second-order valence-electron chi connectivity index (χ2n) is 9.98. The fourth-order valence-corrected chi connectivity index (χ4v) is 5.86. The maximum atomic E-state index is 13.9. The minimum atomic E-state index is -3.65. The minimum absolute atomic E-state index is 0.0612. The monoisotopic (exact) mass is 657 g/mol. The Morgan fingerprint density at radius 2 is 1.60 bits per heavy atom. The van der Waals surface area contributed by atoms with Gasteiger partial charge < -0.3 is 15.0 Å². The minimum Gasteiger partial charge on any atom is -0.492 e. The van der Waals surface area contributed by atoms with Gasteiger partial charge in [-0.05, 0) is 55.2 Å². The van der Waals surface area contributed by atoms with Crippen LogP contribution in [0.4, 0.5) is 5.69 Å². The van der Waals surface area contributed by atoms with Crippen LogP contribution >= 0.6 is 15.9 Å². The highest BCUT2D eigenvalue weighted by molar-refractivity contribution is 9.10. The maximum absolute atomic E-state index is 13.9. The molecular formula is C32H40BrN3O5S. The summed E-state index contributed by atoms with van der Waals surface area (Å²) in [5.74, 6) is 0.0238. The molecule has 0 radical (unpaired) electrons. The Labute approximate surface area is 258 Å². The van der Waals surface area contributed by atoms with Crippen molar-refractivity contribution >= 4 is 43.5 Å². The largest absolute Gasteiger partial charge is 0.492 e. The van der Waals surface area contributed by atoms with E-state index in [-0.39, 0.29) is 37.7 Å². The molecule has 3 aromatic rings. The predicted molar refractivity (Wildman–Crippen MR) is 171 cm³/mol. The molecule has 8 nitrogen and oxygen atoms in total. The van der Waals surface area contributed by atoms with Crippen LogP contribution in [0.15, 0.2) is 83.3 Å². The van der Waals surface area contributed by atoms with Crippen molar-refractivity contribution in [3.05, 3.63) is 94.5 Å². The number of sulfonamides is 1. The molecule has 0 saturated heterocycles. The Bertz CT molecular complexity index is 1400. The van der Waals surface area contributed by atoms with E-state index in [9.17, 15) is 18.0 Å². The van der Waals surface area contributed by atoms with Gasteiger partial charge >= 0.3 is 0 Å². The van der Waals surface area contributed by atoms with E-state index in [4.69, 9.17) is 4.74 Å². The van der Waals surface area contributed by atoms with Gasteiger partial charge in [0.2, 0.25) is 21.8 Å². The second kappa shape index (κ2) is 16.3. The number of hydrogen-bond donors (Lipinski definition) is 1. The SMILES string of the molecule is CCCNC(=O)[C@@H](Cc1ccccc1)N(Cc1ccc(Br)cc1)C(=O)CCCN(c1ccccc1OCC)S(C)(=O)=O. The molecule has 0 fully saturated rings. The lowest BCUT2D eigenvalue weighted by atomic mass is 10.0. The number of para-hydroxylation sites is 2. The van der Waals surface area contributed by atoms with Gasteiger partial charge in [-0.3, -0.25) is 13.9 Å². The fourth-order valence-electron chi connectivity index (χ4n) is 4.63. The van der Waals surface area contributed by atoms with E-state index in [1.807, 2.05) is 68.4 Å². The van der Waals surface area contributed by atoms with E-state index >= 15 is 0 Å². The molecule has 0 bridgehead atoms. The van der Waals surface area contributed by atoms with Crippen LogP contribution in [-0.4, -0.2) is 57.1 Å². The number of carbonyl (C=O) groups excluding carboxylic acids is 2. The highest BCUT2D eigenvalue weighted by atomic mass is 79.9. The van der Waals surface area contributed by atoms with Gasteiger partial charge in [-0.2, -0.15) is 0 Å². The molecule has 3 aromatic carbocycles. The maximum Gasteiger partial charge on any atom is 0.243 e. The summed E-state index contributed by atoms with van der Waals surface area (Å²) in [5, 5.41) is 2.98. The lowest BCUT2D eigenvalue weighted by Gasteiger charge is -2.32. The first-order valence-corrected chi connectivity index (χ1v) is 16.8. The first-order chi connectivity index (χ1) is 20.1. The highest BCUT2D eigenvalue weighted by Gasteiger charge is 2.30. The number of ether oxygens (including phenoxy) is 1. The van der Waals surface area contributed by atoms with Crippen molar-refractivity contribution in [1.29, 1.82) is 0 Å². The molecule has 2 amide bonds. The molecule has 0 aliphatic carbocycles. The van der Waals surface area contributed by atoms with Crippen molar-refractivity contribution in [2.75, 3.05) is 30.3 Å². The number of hydrogen-bond acceptors (Lipinski definition) is 5. The van der Waals surface area contributed by atoms with E-state index in [1.165, 1.54) is 4.31 Å². The van der Waals surface area contributed by atoms with Crippen LogP contribution in [0.5, 0.6) is 5.75 Å². The average molecular weight is 659 g/mol. The number of nitrogens with zero attached hydrogens (tertiary/aromatic N) is 2. The summed E-state index contributed by atoms with van der Waals surface area (Å²) in [7, 11) is -3.65. The summed E-state index contributed by atoms with van der Waals surface area (Å²) in [6, 6.07) is 23.5. The lowest BCUT2D eigenvalue weighted by molar-refractivity contribution is -0.141. The number of carbonyl (C=O) groups is 2. The number of halogens is 1. The molecule has 0 aliphatic heterocycles. The molecule has 0 saturated carbocycles. The molecule has 0 unspecified atom stereocenters. The lowest BCUT2D eigenvalue weighted by Crippen LogP contribution is -2.50. The van der Waals surface area contributed by atoms with E-state index < -0.39 is 16.1 Å². The average Bonchev–Trinajstić information content (AvgIpc) is 2.97. The van der Waals surface area contributed by atoms with E-state index in [0.29, 0.717) is 31.0 Å². The molecule has 3 rings (SSSR count). The number of amides is 2. The Morgan fingerprint density at radius 1 is 0.929 bits per heavy atom. The fraction of sp³-hybridized carbons (Fsp3) is 0.375. The zero-order valence-corrected chi connectivity index (χ0v) is 26.9. The zero-order chi connectivity index (χ0) is 30.5. The summed E-state index contributed by atoms with van der Waals surface area (Å²) in [4.78, 5) is 29.0. The van der Waals surface area contributed by atoms with Crippen LogP contribution in [-0.2, 0) is 32.6 Å². The smallest absolute Gasteiger partial charge is 0.243 e. The van der Waals surface area contributed by atoms with Crippen LogP contribution in [0.1, 0.15) is 44.2 Å². The van der Waals surface area contributed by atoms with Gasteiger partial charge in [0.15, 0.2) is 0 Å². The van der Waals surface area contributed by atoms with Gasteiger partial charge in [0.05, 0.1) is 18.6 Å². The third-order valence-corrected chi connectivity index (χ3v) is 8.38. The molecular weight excluding hydrogens is 618 g/mol. The number of nitrogens with one attached hydrogen (secondary N) is 1. The highest BCUT2D eigenvalue weighted by Crippen LogP contribution is 2.30. The van der Waals surface area contributed by atoms with Crippen LogP contribution in [0, 0.1) is 0 Å². The summed E-state index contributed by atoms with van der Waals surface area (Å²) in [6.45, 7) is 5.05. The summed E-state index contributed by atoms with van der Waals surface area (Å²) < 4.78 is 33.4. The van der Waals surface area contributed by atoms with E-state index in [2.05, 4.69) is 21.2 Å². The molecule has 226 valence electrons. The van der Waals surface area contributed by atoms with Crippen molar-refractivity contribution in [3.8, 4) is 5.75 Å². The molecule has 0 aliphatic rings. The van der Waals surface area contributed by atoms with Gasteiger partial charge in [-0.15, -0.1) is 0 Å². The molecule has 10 heteroatoms. The van der Waals surface area contributed by atoms with Gasteiger partial charge in [0.1, 0.15) is 11.8 Å². The standard InChI is InChI=1S/C32H40BrN3O5S/c1-4-21-34-32(38)29(23-25-12-7-6-8-13-25)35(24-26-17-19-27(33)20-18-26)31(37)16-11-22-36(42(3,39)40)28-14-9-10-15-30(28)41-5-2/h6-10,12-15,17-20,29H,4-5,11,16,21-24H2,1-3H3,(H,34,38)/t29-/m1/s1. The first kappa shape index (κ1) is 33.1. The van der Waals surface area contributed by atoms with Crippen LogP contribution < -0.4 is 14.4 Å². The summed E-state index contributed by atoms with van der Waals surface area (Å²) in [6.07, 6.45) is 2.60. The van der Waals surface area contributed by atoms with E-state index in [0.717, 1.165) is 28.3 Å². The topological polar surface area (TPSA) is 96.0 Å². The molecule has 42 heavy (non-hydrogen) atoms. The normalized spacial score (nSPS) is 11.9. The Balaban J connectivity index is 1.88. The van der Waals surface area contributed by atoms with Crippen molar-refractivity contribution in [2.45, 2.75) is 52.1 Å². The predicted octanol–water partition coefficient (Wildman–Crippen LogP) is 5.56. The quantitative estimate of drug-likeness (QED) is 0.218. The van der Waals surface area contributed by atoms with Crippen LogP contribution in [0.2, 0.25) is 0 Å². The molecule has 1 atom stereocenters. The third kappa shape index (κ3) is 9.87. The van der Waals surface area contributed by atoms with Crippen molar-refractivity contribution in [1.82, 2.24) is 10.2 Å². The van der Waals surface area contributed by atoms with Gasteiger partial charge in [0, 0.05) is 36.9 Å². The molecule has 0 heterocycles. The first-order valence-electron chi connectivity index (χ1n) is 14.2. The van der Waals surface area contributed by atoms with E-state index in [1.54, 1.807) is 29.2 Å². The van der Waals surface area contributed by atoms with Crippen LogP contribution in [0.25, 0.3) is 0 Å². The number of rotatable bonds is 16. The Hall–Kier alpha value is -3.37. The van der Waals surface area contributed by atoms with Gasteiger partial charge in [-0.25, -0.2) is 8.42 Å². The van der Waals surface area contributed by atoms with Gasteiger partial charge in [-0.1, -0.05) is 77.5 Å². The van der Waals surface area contributed by atoms with Gasteiger partial charge in [0.25, 0.3) is 0 Å². The van der Waals surface area contributed by atoms with Crippen molar-refractivity contribution in [2.24, 2.45) is 0 Å². The number of benzene rings is 3. The molecule has 0 spiro atoms. The zero-order valence-electron chi connectivity index (χ0n) is 24.5. The van der Waals surface area contributed by atoms with Crippen molar-refractivity contribution in [3.63, 3.8) is 0 Å². The molecule has 1 N–H and O–H groups in total. The van der Waals surface area contributed by atoms with Crippen LogP contribution in [0.3, 0.4) is 0 Å². The summed E-state index contributed by atoms with van der Waals surface area (Å²) in [5.41, 5.74) is 2.26.